The van der Waals surface area contributed by atoms with Gasteiger partial charge in [0, 0.05) is 6.20 Å². The summed E-state index contributed by atoms with van der Waals surface area (Å²) < 4.78 is 24.3. The number of alkyl halides is 2. The summed E-state index contributed by atoms with van der Waals surface area (Å²) in [4.78, 5) is 13.8. The van der Waals surface area contributed by atoms with E-state index in [2.05, 4.69) is 4.98 Å². The second kappa shape index (κ2) is 3.75. The molecule has 4 nitrogen and oxygen atoms in total. The van der Waals surface area contributed by atoms with E-state index >= 15 is 0 Å². The number of halogens is 3. The number of anilines is 1. The van der Waals surface area contributed by atoms with Gasteiger partial charge in [0.05, 0.1) is 11.3 Å². The Morgan fingerprint density at radius 2 is 2.21 bits per heavy atom. The molecule has 0 unspecified atom stereocenters. The van der Waals surface area contributed by atoms with Gasteiger partial charge >= 0.3 is 0 Å². The SMILES string of the molecule is Nc1c(C(=O)Cl)cnc(C(F)F)c1O. The standard InChI is InChI=1S/C7H5ClF2N2O2/c8-6(14)2-1-12-4(7(9)10)5(13)3(2)11/h1,7,13H,(H2,11,12). The van der Waals surface area contributed by atoms with E-state index in [0.29, 0.717) is 0 Å². The summed E-state index contributed by atoms with van der Waals surface area (Å²) in [6.45, 7) is 0. The Kier molecular flexibility index (Phi) is 2.85. The van der Waals surface area contributed by atoms with E-state index in [-0.39, 0.29) is 5.56 Å². The largest absolute Gasteiger partial charge is 0.504 e. The highest BCUT2D eigenvalue weighted by Gasteiger charge is 2.20. The molecule has 14 heavy (non-hydrogen) atoms. The molecule has 0 amide bonds. The number of aromatic nitrogens is 1. The lowest BCUT2D eigenvalue weighted by atomic mass is 10.2. The molecule has 0 saturated heterocycles. The minimum atomic E-state index is -2.96. The molecule has 3 N–H and O–H groups in total. The van der Waals surface area contributed by atoms with Crippen molar-refractivity contribution in [2.24, 2.45) is 0 Å². The maximum absolute atomic E-state index is 12.1. The van der Waals surface area contributed by atoms with Gasteiger partial charge < -0.3 is 10.8 Å². The quantitative estimate of drug-likeness (QED) is 0.747. The Morgan fingerprint density at radius 3 is 2.64 bits per heavy atom. The van der Waals surface area contributed by atoms with E-state index in [9.17, 15) is 13.6 Å². The first kappa shape index (κ1) is 10.6. The van der Waals surface area contributed by atoms with Crippen molar-refractivity contribution in [3.05, 3.63) is 17.5 Å². The van der Waals surface area contributed by atoms with Crippen LogP contribution in [-0.4, -0.2) is 15.3 Å². The average Bonchev–Trinajstić information content (AvgIpc) is 2.08. The van der Waals surface area contributed by atoms with Gasteiger partial charge in [-0.3, -0.25) is 9.78 Å². The zero-order valence-electron chi connectivity index (χ0n) is 6.67. The highest BCUT2D eigenvalue weighted by molar-refractivity contribution is 6.68. The molecule has 1 heterocycles. The van der Waals surface area contributed by atoms with Crippen molar-refractivity contribution in [2.75, 3.05) is 5.73 Å². The third-order valence-corrected chi connectivity index (χ3v) is 1.74. The van der Waals surface area contributed by atoms with Gasteiger partial charge in [-0.05, 0) is 11.6 Å². The number of pyridine rings is 1. The van der Waals surface area contributed by atoms with Crippen LogP contribution in [0.5, 0.6) is 5.75 Å². The molecule has 0 aliphatic heterocycles. The lowest BCUT2D eigenvalue weighted by Gasteiger charge is -2.07. The summed E-state index contributed by atoms with van der Waals surface area (Å²) in [5.74, 6) is -0.911. The topological polar surface area (TPSA) is 76.2 Å². The van der Waals surface area contributed by atoms with Gasteiger partial charge in [-0.2, -0.15) is 0 Å². The number of aromatic hydroxyl groups is 1. The summed E-state index contributed by atoms with van der Waals surface area (Å²) in [5, 5.41) is 8.15. The first-order valence-electron chi connectivity index (χ1n) is 3.40. The smallest absolute Gasteiger partial charge is 0.284 e. The number of hydrogen-bond acceptors (Lipinski definition) is 4. The number of nitrogens with zero attached hydrogens (tertiary/aromatic N) is 1. The lowest BCUT2D eigenvalue weighted by molar-refractivity contribution is 0.108. The predicted molar refractivity (Wildman–Crippen MR) is 45.5 cm³/mol. The van der Waals surface area contributed by atoms with E-state index in [0.717, 1.165) is 6.20 Å². The number of rotatable bonds is 2. The number of hydrogen-bond donors (Lipinski definition) is 2. The van der Waals surface area contributed by atoms with Crippen molar-refractivity contribution < 1.29 is 18.7 Å². The first-order valence-corrected chi connectivity index (χ1v) is 3.78. The van der Waals surface area contributed by atoms with Gasteiger partial charge in [-0.15, -0.1) is 0 Å². The van der Waals surface area contributed by atoms with Crippen LogP contribution >= 0.6 is 11.6 Å². The van der Waals surface area contributed by atoms with Crippen LogP contribution in [0.25, 0.3) is 0 Å². The second-order valence-corrected chi connectivity index (χ2v) is 2.74. The van der Waals surface area contributed by atoms with Crippen LogP contribution in [0.4, 0.5) is 14.5 Å². The average molecular weight is 223 g/mol. The highest BCUT2D eigenvalue weighted by atomic mass is 35.5. The zero-order valence-corrected chi connectivity index (χ0v) is 7.42. The van der Waals surface area contributed by atoms with Crippen LogP contribution in [0, 0.1) is 0 Å². The molecule has 0 aromatic carbocycles. The Hall–Kier alpha value is -1.43. The molecule has 0 bridgehead atoms. The molecule has 0 radical (unpaired) electrons. The van der Waals surface area contributed by atoms with Crippen molar-refractivity contribution >= 4 is 22.5 Å². The maximum atomic E-state index is 12.1. The van der Waals surface area contributed by atoms with E-state index in [4.69, 9.17) is 22.4 Å². The number of nitrogens with two attached hydrogens (primary N) is 1. The molecule has 0 fully saturated rings. The van der Waals surface area contributed by atoms with Gasteiger partial charge in [0.15, 0.2) is 11.4 Å². The monoisotopic (exact) mass is 222 g/mol. The summed E-state index contributed by atoms with van der Waals surface area (Å²) in [6, 6.07) is 0. The minimum Gasteiger partial charge on any atom is -0.504 e. The zero-order chi connectivity index (χ0) is 10.9. The molecular weight excluding hydrogens is 218 g/mol. The minimum absolute atomic E-state index is 0.298. The number of carbonyl (C=O) groups excluding carboxylic acids is 1. The normalized spacial score (nSPS) is 10.6. The van der Waals surface area contributed by atoms with Crippen molar-refractivity contribution in [3.63, 3.8) is 0 Å². The molecule has 0 saturated carbocycles. The first-order chi connectivity index (χ1) is 6.45. The fourth-order valence-corrected chi connectivity index (χ4v) is 0.997. The third kappa shape index (κ3) is 1.74. The van der Waals surface area contributed by atoms with Crippen molar-refractivity contribution in [2.45, 2.75) is 6.43 Å². The molecular formula is C7H5ClF2N2O2. The number of nitrogen functional groups attached to an aromatic ring is 1. The third-order valence-electron chi connectivity index (χ3n) is 1.54. The van der Waals surface area contributed by atoms with E-state index in [1.807, 2.05) is 0 Å². The Labute approximate surface area is 82.3 Å². The van der Waals surface area contributed by atoms with Crippen molar-refractivity contribution in [1.29, 1.82) is 0 Å². The molecule has 0 aliphatic rings. The lowest BCUT2D eigenvalue weighted by Crippen LogP contribution is -2.03. The molecule has 1 rings (SSSR count). The molecule has 1 aromatic heterocycles. The van der Waals surface area contributed by atoms with Crippen LogP contribution in [0.1, 0.15) is 22.5 Å². The molecule has 7 heteroatoms. The summed E-state index contributed by atoms with van der Waals surface area (Å²) >= 11 is 5.05. The van der Waals surface area contributed by atoms with E-state index in [1.54, 1.807) is 0 Å². The fraction of sp³-hybridized carbons (Fsp3) is 0.143. The molecule has 1 aromatic rings. The van der Waals surface area contributed by atoms with Crippen LogP contribution in [0.15, 0.2) is 6.20 Å². The second-order valence-electron chi connectivity index (χ2n) is 2.39. The van der Waals surface area contributed by atoms with Gasteiger partial charge in [0.25, 0.3) is 11.7 Å². The Bertz CT molecular complexity index is 384. The highest BCUT2D eigenvalue weighted by Crippen LogP contribution is 2.33. The van der Waals surface area contributed by atoms with Gasteiger partial charge in [-0.25, -0.2) is 8.78 Å². The fourth-order valence-electron chi connectivity index (χ4n) is 0.847. The Morgan fingerprint density at radius 1 is 1.64 bits per heavy atom. The van der Waals surface area contributed by atoms with Crippen LogP contribution < -0.4 is 5.73 Å². The number of carbonyl (C=O) groups is 1. The van der Waals surface area contributed by atoms with E-state index in [1.165, 1.54) is 0 Å². The van der Waals surface area contributed by atoms with Crippen LogP contribution in [0.2, 0.25) is 0 Å². The van der Waals surface area contributed by atoms with Crippen molar-refractivity contribution in [1.82, 2.24) is 4.98 Å². The summed E-state index contributed by atoms with van der Waals surface area (Å²) in [5.41, 5.74) is 3.53. The molecule has 0 aliphatic carbocycles. The Balaban J connectivity index is 3.33. The van der Waals surface area contributed by atoms with Gasteiger partial charge in [-0.1, -0.05) is 0 Å². The van der Waals surface area contributed by atoms with Gasteiger partial charge in [0.1, 0.15) is 0 Å². The van der Waals surface area contributed by atoms with Crippen LogP contribution in [0.3, 0.4) is 0 Å². The summed E-state index contributed by atoms with van der Waals surface area (Å²) in [6.07, 6.45) is -2.16. The van der Waals surface area contributed by atoms with E-state index < -0.39 is 28.8 Å². The molecule has 0 atom stereocenters. The van der Waals surface area contributed by atoms with Crippen LogP contribution in [-0.2, 0) is 0 Å². The molecule has 76 valence electrons. The van der Waals surface area contributed by atoms with Gasteiger partial charge in [0.2, 0.25) is 0 Å². The summed E-state index contributed by atoms with van der Waals surface area (Å²) in [7, 11) is 0. The molecule has 0 spiro atoms. The predicted octanol–water partition coefficient (Wildman–Crippen LogP) is 1.69. The maximum Gasteiger partial charge on any atom is 0.284 e. The van der Waals surface area contributed by atoms with Crippen molar-refractivity contribution in [3.8, 4) is 5.75 Å².